The fourth-order valence-electron chi connectivity index (χ4n) is 8.77. The van der Waals surface area contributed by atoms with Crippen LogP contribution in [0.2, 0.25) is 0 Å². The molecular formula is C29H54. The summed E-state index contributed by atoms with van der Waals surface area (Å²) in [6.07, 6.45) is 16.6. The van der Waals surface area contributed by atoms with E-state index in [1.807, 2.05) is 0 Å². The molecule has 0 radical (unpaired) electrons. The molecule has 29 heavy (non-hydrogen) atoms. The van der Waals surface area contributed by atoms with E-state index in [4.69, 9.17) is 0 Å². The topological polar surface area (TPSA) is 0 Å². The molecule has 0 aromatic heterocycles. The second kappa shape index (κ2) is 9.24. The average Bonchev–Trinajstić information content (AvgIpc) is 2.63. The minimum Gasteiger partial charge on any atom is -0.0628 e. The summed E-state index contributed by atoms with van der Waals surface area (Å²) in [5.41, 5.74) is 1.18. The molecular weight excluding hydrogens is 348 g/mol. The first-order valence-corrected chi connectivity index (χ1v) is 13.6. The minimum absolute atomic E-state index is 0.508. The normalized spacial score (nSPS) is 40.9. The highest BCUT2D eigenvalue weighted by atomic mass is 14.6. The summed E-state index contributed by atoms with van der Waals surface area (Å²) in [5, 5.41) is 0. The van der Waals surface area contributed by atoms with E-state index in [2.05, 4.69) is 55.4 Å². The maximum Gasteiger partial charge on any atom is -0.0267 e. The van der Waals surface area contributed by atoms with Gasteiger partial charge in [0.15, 0.2) is 0 Å². The van der Waals surface area contributed by atoms with Gasteiger partial charge in [-0.05, 0) is 116 Å². The van der Waals surface area contributed by atoms with Gasteiger partial charge in [-0.1, -0.05) is 68.2 Å². The first-order chi connectivity index (χ1) is 13.6. The maximum atomic E-state index is 2.72. The Balaban J connectivity index is 1.73. The fourth-order valence-corrected chi connectivity index (χ4v) is 8.77. The summed E-state index contributed by atoms with van der Waals surface area (Å²) < 4.78 is 0. The molecule has 0 aromatic rings. The summed E-state index contributed by atoms with van der Waals surface area (Å²) in [6.45, 7) is 20.5. The molecule has 8 atom stereocenters. The van der Waals surface area contributed by atoms with Crippen molar-refractivity contribution in [2.75, 3.05) is 0 Å². The third-order valence-electron chi connectivity index (χ3n) is 10.9. The first-order valence-electron chi connectivity index (χ1n) is 13.6. The number of fused-ring (bicyclic) bond motifs is 3. The molecule has 0 aromatic carbocycles. The lowest BCUT2D eigenvalue weighted by molar-refractivity contribution is -0.0657. The zero-order valence-corrected chi connectivity index (χ0v) is 21.4. The van der Waals surface area contributed by atoms with Crippen LogP contribution >= 0.6 is 0 Å². The molecule has 0 spiro atoms. The molecule has 0 nitrogen and oxygen atoms in total. The molecule has 0 bridgehead atoms. The van der Waals surface area contributed by atoms with Crippen molar-refractivity contribution in [1.82, 2.24) is 0 Å². The van der Waals surface area contributed by atoms with Crippen LogP contribution in [0, 0.1) is 58.2 Å². The zero-order valence-electron chi connectivity index (χ0n) is 21.4. The van der Waals surface area contributed by atoms with Crippen LogP contribution in [0.25, 0.3) is 0 Å². The molecule has 3 saturated carbocycles. The van der Waals surface area contributed by atoms with E-state index in [0.717, 1.165) is 47.3 Å². The highest BCUT2D eigenvalue weighted by molar-refractivity contribution is 5.00. The standard InChI is InChI=1S/C29H54/c1-20(2)19-21(3)22(4)23(5)26-15-13-24-12-14-25-11-9-10-17-29(25,8)27(24)16-18-28(26,6)7/h20-27H,9-19H2,1-8H3. The summed E-state index contributed by atoms with van der Waals surface area (Å²) in [5.74, 6) is 7.41. The summed E-state index contributed by atoms with van der Waals surface area (Å²) >= 11 is 0. The summed E-state index contributed by atoms with van der Waals surface area (Å²) in [4.78, 5) is 0. The lowest BCUT2D eigenvalue weighted by atomic mass is 9.49. The van der Waals surface area contributed by atoms with Crippen LogP contribution in [-0.4, -0.2) is 0 Å². The molecule has 0 amide bonds. The Morgan fingerprint density at radius 2 is 1.45 bits per heavy atom. The van der Waals surface area contributed by atoms with Crippen LogP contribution in [0.4, 0.5) is 0 Å². The van der Waals surface area contributed by atoms with E-state index in [1.165, 1.54) is 57.8 Å². The predicted molar refractivity (Wildman–Crippen MR) is 129 cm³/mol. The van der Waals surface area contributed by atoms with Crippen molar-refractivity contribution in [2.45, 2.75) is 126 Å². The third kappa shape index (κ3) is 4.92. The Kier molecular flexibility index (Phi) is 7.54. The highest BCUT2D eigenvalue weighted by Crippen LogP contribution is 2.60. The van der Waals surface area contributed by atoms with E-state index in [1.54, 1.807) is 12.8 Å². The molecule has 0 saturated heterocycles. The Labute approximate surface area is 184 Å². The van der Waals surface area contributed by atoms with Crippen LogP contribution in [-0.2, 0) is 0 Å². The average molecular weight is 403 g/mol. The largest absolute Gasteiger partial charge is 0.0628 e. The molecule has 3 rings (SSSR count). The first kappa shape index (κ1) is 23.7. The molecule has 3 aliphatic rings. The van der Waals surface area contributed by atoms with E-state index in [-0.39, 0.29) is 0 Å². The van der Waals surface area contributed by atoms with Crippen LogP contribution in [0.5, 0.6) is 0 Å². The maximum absolute atomic E-state index is 2.72. The molecule has 0 N–H and O–H groups in total. The van der Waals surface area contributed by atoms with Gasteiger partial charge in [0, 0.05) is 0 Å². The second-order valence-corrected chi connectivity index (χ2v) is 13.4. The van der Waals surface area contributed by atoms with E-state index >= 15 is 0 Å². The van der Waals surface area contributed by atoms with Crippen LogP contribution < -0.4 is 0 Å². The van der Waals surface area contributed by atoms with Crippen molar-refractivity contribution in [3.63, 3.8) is 0 Å². The summed E-state index contributed by atoms with van der Waals surface area (Å²) in [6, 6.07) is 0. The lowest BCUT2D eigenvalue weighted by Gasteiger charge is -2.56. The number of hydrogen-bond donors (Lipinski definition) is 0. The van der Waals surface area contributed by atoms with Gasteiger partial charge in [0.05, 0.1) is 0 Å². The van der Waals surface area contributed by atoms with Gasteiger partial charge in [-0.25, -0.2) is 0 Å². The van der Waals surface area contributed by atoms with Gasteiger partial charge in [-0.2, -0.15) is 0 Å². The van der Waals surface area contributed by atoms with Crippen molar-refractivity contribution in [1.29, 1.82) is 0 Å². The zero-order chi connectivity index (χ0) is 21.4. The predicted octanol–water partition coefficient (Wildman–Crippen LogP) is 9.38. The number of hydrogen-bond acceptors (Lipinski definition) is 0. The van der Waals surface area contributed by atoms with Crippen LogP contribution in [0.1, 0.15) is 126 Å². The Bertz CT molecular complexity index is 516. The number of rotatable bonds is 5. The smallest absolute Gasteiger partial charge is 0.0267 e. The van der Waals surface area contributed by atoms with Crippen molar-refractivity contribution in [3.8, 4) is 0 Å². The van der Waals surface area contributed by atoms with Gasteiger partial charge < -0.3 is 0 Å². The van der Waals surface area contributed by atoms with Crippen molar-refractivity contribution in [2.24, 2.45) is 58.2 Å². The molecule has 0 heteroatoms. The highest BCUT2D eigenvalue weighted by Gasteiger charge is 2.50. The van der Waals surface area contributed by atoms with Crippen LogP contribution in [0.15, 0.2) is 0 Å². The molecule has 3 fully saturated rings. The van der Waals surface area contributed by atoms with Crippen LogP contribution in [0.3, 0.4) is 0 Å². The molecule has 0 aliphatic heterocycles. The Morgan fingerprint density at radius 1 is 0.759 bits per heavy atom. The molecule has 3 aliphatic carbocycles. The second-order valence-electron chi connectivity index (χ2n) is 13.4. The van der Waals surface area contributed by atoms with Gasteiger partial charge >= 0.3 is 0 Å². The van der Waals surface area contributed by atoms with Crippen molar-refractivity contribution >= 4 is 0 Å². The van der Waals surface area contributed by atoms with Crippen molar-refractivity contribution < 1.29 is 0 Å². The molecule has 0 heterocycles. The van der Waals surface area contributed by atoms with E-state index < -0.39 is 0 Å². The van der Waals surface area contributed by atoms with Gasteiger partial charge in [0.1, 0.15) is 0 Å². The van der Waals surface area contributed by atoms with E-state index in [9.17, 15) is 0 Å². The SMILES string of the molecule is CC(C)CC(C)C(C)C(C)C1CCC2CCC3CCCCC3(C)C2CCC1(C)C. The van der Waals surface area contributed by atoms with Gasteiger partial charge in [-0.15, -0.1) is 0 Å². The molecule has 170 valence electrons. The Hall–Kier alpha value is 0. The monoisotopic (exact) mass is 402 g/mol. The Morgan fingerprint density at radius 3 is 2.14 bits per heavy atom. The summed E-state index contributed by atoms with van der Waals surface area (Å²) in [7, 11) is 0. The quantitative estimate of drug-likeness (QED) is 0.429. The third-order valence-corrected chi connectivity index (χ3v) is 10.9. The fraction of sp³-hybridized carbons (Fsp3) is 1.00. The van der Waals surface area contributed by atoms with Gasteiger partial charge in [0.2, 0.25) is 0 Å². The molecule has 8 unspecified atom stereocenters. The van der Waals surface area contributed by atoms with Crippen molar-refractivity contribution in [3.05, 3.63) is 0 Å². The lowest BCUT2D eigenvalue weighted by Crippen LogP contribution is -2.47. The minimum atomic E-state index is 0.508. The van der Waals surface area contributed by atoms with Gasteiger partial charge in [0.25, 0.3) is 0 Å². The van der Waals surface area contributed by atoms with E-state index in [0.29, 0.717) is 10.8 Å². The van der Waals surface area contributed by atoms with Gasteiger partial charge in [-0.3, -0.25) is 0 Å².